The highest BCUT2D eigenvalue weighted by Crippen LogP contribution is 2.33. The molecule has 1 aliphatic rings. The SMILES string of the molecule is CC(Cl)C(=O)NC1CCCC(C)(C)CC1. The lowest BCUT2D eigenvalue weighted by molar-refractivity contribution is -0.121. The molecule has 0 aromatic heterocycles. The molecule has 88 valence electrons. The second-order valence-electron chi connectivity index (χ2n) is 5.42. The van der Waals surface area contributed by atoms with Gasteiger partial charge in [0.15, 0.2) is 0 Å². The molecule has 0 saturated heterocycles. The van der Waals surface area contributed by atoms with Crippen LogP contribution < -0.4 is 5.32 Å². The van der Waals surface area contributed by atoms with E-state index in [4.69, 9.17) is 11.6 Å². The smallest absolute Gasteiger partial charge is 0.237 e. The number of rotatable bonds is 2. The zero-order valence-electron chi connectivity index (χ0n) is 9.98. The fourth-order valence-electron chi connectivity index (χ4n) is 2.12. The van der Waals surface area contributed by atoms with Crippen molar-refractivity contribution in [2.24, 2.45) is 5.41 Å². The van der Waals surface area contributed by atoms with Crippen LogP contribution >= 0.6 is 11.6 Å². The minimum Gasteiger partial charge on any atom is -0.352 e. The van der Waals surface area contributed by atoms with Gasteiger partial charge in [0.05, 0.1) is 0 Å². The summed E-state index contributed by atoms with van der Waals surface area (Å²) in [6.45, 7) is 6.33. The quantitative estimate of drug-likeness (QED) is 0.574. The van der Waals surface area contributed by atoms with E-state index in [2.05, 4.69) is 19.2 Å². The van der Waals surface area contributed by atoms with E-state index in [1.54, 1.807) is 6.92 Å². The van der Waals surface area contributed by atoms with Gasteiger partial charge in [0.1, 0.15) is 5.38 Å². The second kappa shape index (κ2) is 5.20. The molecule has 1 saturated carbocycles. The largest absolute Gasteiger partial charge is 0.352 e. The summed E-state index contributed by atoms with van der Waals surface area (Å²) in [7, 11) is 0. The maximum absolute atomic E-state index is 11.4. The maximum atomic E-state index is 11.4. The van der Waals surface area contributed by atoms with E-state index < -0.39 is 5.38 Å². The Bertz CT molecular complexity index is 226. The van der Waals surface area contributed by atoms with Crippen LogP contribution in [0.2, 0.25) is 0 Å². The average Bonchev–Trinajstić information content (AvgIpc) is 2.28. The van der Waals surface area contributed by atoms with E-state index in [1.165, 1.54) is 19.3 Å². The van der Waals surface area contributed by atoms with Crippen LogP contribution in [0.5, 0.6) is 0 Å². The van der Waals surface area contributed by atoms with Crippen LogP contribution in [0.4, 0.5) is 0 Å². The maximum Gasteiger partial charge on any atom is 0.237 e. The number of nitrogens with one attached hydrogen (secondary N) is 1. The van der Waals surface area contributed by atoms with E-state index >= 15 is 0 Å². The van der Waals surface area contributed by atoms with E-state index in [0.717, 1.165) is 12.8 Å². The van der Waals surface area contributed by atoms with Crippen molar-refractivity contribution in [3.63, 3.8) is 0 Å². The third kappa shape index (κ3) is 4.42. The Labute approximate surface area is 97.8 Å². The predicted octanol–water partition coefficient (Wildman–Crippen LogP) is 3.09. The molecule has 15 heavy (non-hydrogen) atoms. The normalized spacial score (nSPS) is 27.9. The molecule has 0 spiro atoms. The van der Waals surface area contributed by atoms with Crippen molar-refractivity contribution in [3.8, 4) is 0 Å². The first-order valence-corrected chi connectivity index (χ1v) is 6.29. The molecule has 0 aliphatic heterocycles. The summed E-state index contributed by atoms with van der Waals surface area (Å²) in [5, 5.41) is 2.61. The van der Waals surface area contributed by atoms with Gasteiger partial charge in [0.2, 0.25) is 5.91 Å². The molecule has 1 fully saturated rings. The summed E-state index contributed by atoms with van der Waals surface area (Å²) in [5.41, 5.74) is 0.437. The molecule has 0 radical (unpaired) electrons. The van der Waals surface area contributed by atoms with Crippen LogP contribution in [0, 0.1) is 5.41 Å². The number of carbonyl (C=O) groups is 1. The lowest BCUT2D eigenvalue weighted by Gasteiger charge is -2.22. The molecule has 0 bridgehead atoms. The average molecular weight is 232 g/mol. The summed E-state index contributed by atoms with van der Waals surface area (Å²) in [4.78, 5) is 11.4. The number of carbonyl (C=O) groups excluding carboxylic acids is 1. The summed E-state index contributed by atoms with van der Waals surface area (Å²) in [5.74, 6) is -0.0265. The van der Waals surface area contributed by atoms with E-state index in [0.29, 0.717) is 11.5 Å². The van der Waals surface area contributed by atoms with Gasteiger partial charge in [-0.05, 0) is 38.0 Å². The molecule has 1 aliphatic carbocycles. The number of alkyl halides is 1. The first kappa shape index (κ1) is 12.8. The molecule has 2 unspecified atom stereocenters. The third-order valence-electron chi connectivity index (χ3n) is 3.28. The van der Waals surface area contributed by atoms with Gasteiger partial charge < -0.3 is 5.32 Å². The van der Waals surface area contributed by atoms with Crippen LogP contribution in [-0.4, -0.2) is 17.3 Å². The third-order valence-corrected chi connectivity index (χ3v) is 3.48. The van der Waals surface area contributed by atoms with Crippen LogP contribution in [-0.2, 0) is 4.79 Å². The van der Waals surface area contributed by atoms with Gasteiger partial charge in [-0.2, -0.15) is 0 Å². The lowest BCUT2D eigenvalue weighted by atomic mass is 9.85. The molecular weight excluding hydrogens is 210 g/mol. The predicted molar refractivity (Wildman–Crippen MR) is 64.1 cm³/mol. The highest BCUT2D eigenvalue weighted by Gasteiger charge is 2.25. The van der Waals surface area contributed by atoms with Crippen LogP contribution in [0.25, 0.3) is 0 Å². The molecule has 0 aromatic rings. The molecule has 3 heteroatoms. The monoisotopic (exact) mass is 231 g/mol. The summed E-state index contributed by atoms with van der Waals surface area (Å²) in [6, 6.07) is 0.334. The molecule has 1 amide bonds. The Balaban J connectivity index is 2.41. The van der Waals surface area contributed by atoms with Crippen molar-refractivity contribution < 1.29 is 4.79 Å². The summed E-state index contributed by atoms with van der Waals surface area (Å²) >= 11 is 5.73. The van der Waals surface area contributed by atoms with E-state index in [9.17, 15) is 4.79 Å². The molecule has 2 nitrogen and oxygen atoms in total. The highest BCUT2D eigenvalue weighted by atomic mass is 35.5. The van der Waals surface area contributed by atoms with Crippen LogP contribution in [0.15, 0.2) is 0 Å². The molecule has 1 N–H and O–H groups in total. The molecule has 1 rings (SSSR count). The van der Waals surface area contributed by atoms with Gasteiger partial charge >= 0.3 is 0 Å². The van der Waals surface area contributed by atoms with Crippen molar-refractivity contribution in [2.75, 3.05) is 0 Å². The number of hydrogen-bond donors (Lipinski definition) is 1. The first-order chi connectivity index (χ1) is 6.91. The standard InChI is InChI=1S/C12H22ClNO/c1-9(13)11(15)14-10-5-4-7-12(2,3)8-6-10/h9-10H,4-8H2,1-3H3,(H,14,15). The van der Waals surface area contributed by atoms with Gasteiger partial charge in [0, 0.05) is 6.04 Å². The van der Waals surface area contributed by atoms with Crippen LogP contribution in [0.1, 0.15) is 52.9 Å². The number of halogens is 1. The molecule has 0 aromatic carbocycles. The Morgan fingerprint density at radius 1 is 1.40 bits per heavy atom. The lowest BCUT2D eigenvalue weighted by Crippen LogP contribution is -2.38. The Hall–Kier alpha value is -0.240. The second-order valence-corrected chi connectivity index (χ2v) is 6.07. The molecule has 0 heterocycles. The minimum absolute atomic E-state index is 0.0265. The van der Waals surface area contributed by atoms with Gasteiger partial charge in [-0.3, -0.25) is 4.79 Å². The van der Waals surface area contributed by atoms with Gasteiger partial charge in [-0.1, -0.05) is 20.3 Å². The van der Waals surface area contributed by atoms with Crippen molar-refractivity contribution in [3.05, 3.63) is 0 Å². The Morgan fingerprint density at radius 3 is 2.67 bits per heavy atom. The Kier molecular flexibility index (Phi) is 4.45. The minimum atomic E-state index is -0.415. The fraction of sp³-hybridized carbons (Fsp3) is 0.917. The van der Waals surface area contributed by atoms with Crippen molar-refractivity contribution in [1.82, 2.24) is 5.32 Å². The summed E-state index contributed by atoms with van der Waals surface area (Å²) < 4.78 is 0. The first-order valence-electron chi connectivity index (χ1n) is 5.85. The fourth-order valence-corrected chi connectivity index (χ4v) is 2.18. The van der Waals surface area contributed by atoms with Crippen molar-refractivity contribution in [2.45, 2.75) is 64.3 Å². The van der Waals surface area contributed by atoms with Gasteiger partial charge in [0.25, 0.3) is 0 Å². The van der Waals surface area contributed by atoms with Gasteiger partial charge in [-0.25, -0.2) is 0 Å². The Morgan fingerprint density at radius 2 is 2.07 bits per heavy atom. The van der Waals surface area contributed by atoms with Crippen molar-refractivity contribution in [1.29, 1.82) is 0 Å². The number of hydrogen-bond acceptors (Lipinski definition) is 1. The topological polar surface area (TPSA) is 29.1 Å². The molecular formula is C12H22ClNO. The summed E-state index contributed by atoms with van der Waals surface area (Å²) in [6.07, 6.45) is 5.83. The molecule has 2 atom stereocenters. The van der Waals surface area contributed by atoms with Crippen LogP contribution in [0.3, 0.4) is 0 Å². The van der Waals surface area contributed by atoms with Crippen molar-refractivity contribution >= 4 is 17.5 Å². The van der Waals surface area contributed by atoms with Gasteiger partial charge in [-0.15, -0.1) is 11.6 Å². The number of amides is 1. The highest BCUT2D eigenvalue weighted by molar-refractivity contribution is 6.30. The zero-order chi connectivity index (χ0) is 11.5. The zero-order valence-corrected chi connectivity index (χ0v) is 10.7. The van der Waals surface area contributed by atoms with E-state index in [1.807, 2.05) is 0 Å². The van der Waals surface area contributed by atoms with E-state index in [-0.39, 0.29) is 5.91 Å².